The van der Waals surface area contributed by atoms with E-state index in [2.05, 4.69) is 20.5 Å². The highest BCUT2D eigenvalue weighted by Gasteiger charge is 2.11. The number of carbonyl (C=O) groups is 2. The molecule has 0 saturated carbocycles. The summed E-state index contributed by atoms with van der Waals surface area (Å²) in [5.41, 5.74) is 2.28. The van der Waals surface area contributed by atoms with Crippen LogP contribution in [0.15, 0.2) is 54.7 Å². The van der Waals surface area contributed by atoms with Crippen molar-refractivity contribution in [2.45, 2.75) is 20.1 Å². The van der Waals surface area contributed by atoms with Gasteiger partial charge in [0.2, 0.25) is 0 Å². The van der Waals surface area contributed by atoms with E-state index in [9.17, 15) is 9.59 Å². The molecule has 1 aromatic carbocycles. The molecule has 0 bridgehead atoms. The second-order valence-electron chi connectivity index (χ2n) is 5.65. The molecule has 1 amide bonds. The van der Waals surface area contributed by atoms with E-state index in [1.165, 1.54) is 6.92 Å². The van der Waals surface area contributed by atoms with Crippen LogP contribution in [0.1, 0.15) is 39.2 Å². The largest absolute Gasteiger partial charge is 0.487 e. The molecule has 132 valence electrons. The normalized spacial score (nSPS) is 10.3. The Bertz CT molecular complexity index is 906. The lowest BCUT2D eigenvalue weighted by Crippen LogP contribution is -2.23. The molecular formula is C19H18N4O3. The van der Waals surface area contributed by atoms with Crippen molar-refractivity contribution in [1.82, 2.24) is 20.5 Å². The zero-order valence-electron chi connectivity index (χ0n) is 14.2. The average molecular weight is 350 g/mol. The molecule has 0 aliphatic heterocycles. The fourth-order valence-electron chi connectivity index (χ4n) is 2.28. The maximum atomic E-state index is 12.1. The number of hydrogen-bond donors (Lipinski definition) is 2. The number of ether oxygens (including phenoxy) is 1. The summed E-state index contributed by atoms with van der Waals surface area (Å²) in [7, 11) is 0. The molecule has 0 aliphatic rings. The van der Waals surface area contributed by atoms with Crippen molar-refractivity contribution in [2.75, 3.05) is 0 Å². The van der Waals surface area contributed by atoms with Gasteiger partial charge in [-0.2, -0.15) is 5.10 Å². The highest BCUT2D eigenvalue weighted by molar-refractivity contribution is 5.94. The molecule has 0 saturated heterocycles. The fourth-order valence-corrected chi connectivity index (χ4v) is 2.28. The second kappa shape index (κ2) is 8.06. The third-order valence-corrected chi connectivity index (χ3v) is 3.65. The zero-order chi connectivity index (χ0) is 18.4. The summed E-state index contributed by atoms with van der Waals surface area (Å²) in [4.78, 5) is 27.7. The van der Waals surface area contributed by atoms with Crippen molar-refractivity contribution in [1.29, 1.82) is 0 Å². The van der Waals surface area contributed by atoms with Gasteiger partial charge >= 0.3 is 0 Å². The summed E-state index contributed by atoms with van der Waals surface area (Å²) in [6.45, 7) is 2.04. The van der Waals surface area contributed by atoms with Crippen LogP contribution in [0.2, 0.25) is 0 Å². The van der Waals surface area contributed by atoms with E-state index >= 15 is 0 Å². The minimum atomic E-state index is -0.295. The van der Waals surface area contributed by atoms with Gasteiger partial charge in [-0.25, -0.2) is 0 Å². The van der Waals surface area contributed by atoms with Crippen LogP contribution in [0.4, 0.5) is 0 Å². The number of H-pyrrole nitrogens is 1. The second-order valence-corrected chi connectivity index (χ2v) is 5.65. The molecule has 0 fully saturated rings. The third-order valence-electron chi connectivity index (χ3n) is 3.65. The smallest absolute Gasteiger partial charge is 0.272 e. The minimum absolute atomic E-state index is 0.0242. The molecule has 0 aliphatic carbocycles. The number of aromatic amines is 1. The molecule has 0 radical (unpaired) electrons. The zero-order valence-corrected chi connectivity index (χ0v) is 14.2. The predicted octanol–water partition coefficient (Wildman–Crippen LogP) is 2.52. The molecule has 3 rings (SSSR count). The van der Waals surface area contributed by atoms with Gasteiger partial charge in [-0.15, -0.1) is 0 Å². The number of hydrogen-bond acceptors (Lipinski definition) is 5. The Kier molecular flexibility index (Phi) is 5.38. The summed E-state index contributed by atoms with van der Waals surface area (Å²) in [6.07, 6.45) is 1.67. The van der Waals surface area contributed by atoms with Gasteiger partial charge in [-0.3, -0.25) is 19.7 Å². The number of ketones is 1. The van der Waals surface area contributed by atoms with Crippen LogP contribution in [0.5, 0.6) is 5.75 Å². The predicted molar refractivity (Wildman–Crippen MR) is 94.8 cm³/mol. The first-order valence-corrected chi connectivity index (χ1v) is 8.08. The Morgan fingerprint density at radius 2 is 2.04 bits per heavy atom. The molecule has 0 atom stereocenters. The number of pyridine rings is 1. The Morgan fingerprint density at radius 3 is 2.81 bits per heavy atom. The topological polar surface area (TPSA) is 97.0 Å². The van der Waals surface area contributed by atoms with E-state index in [0.717, 1.165) is 5.69 Å². The number of rotatable bonds is 7. The number of amides is 1. The van der Waals surface area contributed by atoms with E-state index in [1.54, 1.807) is 36.5 Å². The number of nitrogens with zero attached hydrogens (tertiary/aromatic N) is 2. The summed E-state index contributed by atoms with van der Waals surface area (Å²) < 4.78 is 5.64. The molecule has 2 aromatic heterocycles. The Morgan fingerprint density at radius 1 is 1.15 bits per heavy atom. The third kappa shape index (κ3) is 4.54. The lowest BCUT2D eigenvalue weighted by atomic mass is 10.1. The van der Waals surface area contributed by atoms with Gasteiger partial charge in [0.15, 0.2) is 5.78 Å². The molecule has 7 heteroatoms. The Balaban J connectivity index is 1.55. The first-order valence-electron chi connectivity index (χ1n) is 8.08. The molecule has 3 aromatic rings. The van der Waals surface area contributed by atoms with Gasteiger partial charge < -0.3 is 10.1 Å². The van der Waals surface area contributed by atoms with Crippen molar-refractivity contribution in [3.8, 4) is 5.75 Å². The number of aromatic nitrogens is 3. The summed E-state index contributed by atoms with van der Waals surface area (Å²) in [6, 6.07) is 14.1. The number of carbonyl (C=O) groups excluding carboxylic acids is 2. The standard InChI is InChI=1S/C19H18N4O3/c1-13(24)14-5-4-7-17(9-14)26-12-16-10-18(23-22-16)19(25)21-11-15-6-2-3-8-20-15/h2-10H,11-12H2,1H3,(H,21,25)(H,22,23). The molecule has 26 heavy (non-hydrogen) atoms. The average Bonchev–Trinajstić information content (AvgIpc) is 3.15. The fraction of sp³-hybridized carbons (Fsp3) is 0.158. The van der Waals surface area contributed by atoms with Crippen LogP contribution >= 0.6 is 0 Å². The van der Waals surface area contributed by atoms with Gasteiger partial charge in [-0.1, -0.05) is 18.2 Å². The van der Waals surface area contributed by atoms with E-state index < -0.39 is 0 Å². The summed E-state index contributed by atoms with van der Waals surface area (Å²) in [5.74, 6) is 0.258. The SMILES string of the molecule is CC(=O)c1cccc(OCc2cc(C(=O)NCc3ccccn3)n[nH]2)c1. The number of Topliss-reactive ketones (excluding diaryl/α,β-unsaturated/α-hetero) is 1. The maximum absolute atomic E-state index is 12.1. The summed E-state index contributed by atoms with van der Waals surface area (Å²) >= 11 is 0. The van der Waals surface area contributed by atoms with Gasteiger partial charge in [0, 0.05) is 11.8 Å². The first kappa shape index (κ1) is 17.3. The lowest BCUT2D eigenvalue weighted by molar-refractivity contribution is 0.0944. The van der Waals surface area contributed by atoms with Crippen molar-refractivity contribution >= 4 is 11.7 Å². The minimum Gasteiger partial charge on any atom is -0.487 e. The highest BCUT2D eigenvalue weighted by atomic mass is 16.5. The lowest BCUT2D eigenvalue weighted by Gasteiger charge is -2.05. The van der Waals surface area contributed by atoms with Crippen molar-refractivity contribution in [2.24, 2.45) is 0 Å². The Hall–Kier alpha value is -3.48. The van der Waals surface area contributed by atoms with E-state index in [1.807, 2.05) is 18.2 Å². The van der Waals surface area contributed by atoms with Gasteiger partial charge in [0.05, 0.1) is 17.9 Å². The van der Waals surface area contributed by atoms with Gasteiger partial charge in [-0.05, 0) is 37.3 Å². The van der Waals surface area contributed by atoms with E-state index in [0.29, 0.717) is 23.6 Å². The highest BCUT2D eigenvalue weighted by Crippen LogP contribution is 2.15. The van der Waals surface area contributed by atoms with Crippen LogP contribution in [0, 0.1) is 0 Å². The van der Waals surface area contributed by atoms with Crippen LogP contribution in [0.25, 0.3) is 0 Å². The van der Waals surface area contributed by atoms with Crippen molar-refractivity contribution in [3.63, 3.8) is 0 Å². The quantitative estimate of drug-likeness (QED) is 0.638. The van der Waals surface area contributed by atoms with Crippen LogP contribution in [-0.4, -0.2) is 26.9 Å². The molecular weight excluding hydrogens is 332 g/mol. The van der Waals surface area contributed by atoms with Gasteiger partial charge in [0.25, 0.3) is 5.91 Å². The van der Waals surface area contributed by atoms with Crippen molar-refractivity contribution in [3.05, 3.63) is 77.4 Å². The molecule has 2 N–H and O–H groups in total. The van der Waals surface area contributed by atoms with Gasteiger partial charge in [0.1, 0.15) is 18.1 Å². The maximum Gasteiger partial charge on any atom is 0.272 e. The monoisotopic (exact) mass is 350 g/mol. The van der Waals surface area contributed by atoms with Crippen LogP contribution in [0.3, 0.4) is 0 Å². The van der Waals surface area contributed by atoms with Crippen LogP contribution < -0.4 is 10.1 Å². The first-order chi connectivity index (χ1) is 12.6. The van der Waals surface area contributed by atoms with Crippen molar-refractivity contribution < 1.29 is 14.3 Å². The summed E-state index contributed by atoms with van der Waals surface area (Å²) in [5, 5.41) is 9.53. The Labute approximate surface area is 150 Å². The van der Waals surface area contributed by atoms with E-state index in [4.69, 9.17) is 4.74 Å². The van der Waals surface area contributed by atoms with E-state index in [-0.39, 0.29) is 24.0 Å². The number of nitrogens with one attached hydrogen (secondary N) is 2. The molecule has 7 nitrogen and oxygen atoms in total. The molecule has 0 spiro atoms. The number of benzene rings is 1. The molecule has 0 unspecified atom stereocenters. The van der Waals surface area contributed by atoms with Crippen LogP contribution in [-0.2, 0) is 13.2 Å². The molecule has 2 heterocycles.